The van der Waals surface area contributed by atoms with Crippen LogP contribution in [0.25, 0.3) is 0 Å². The Morgan fingerprint density at radius 1 is 1.33 bits per heavy atom. The fourth-order valence-electron chi connectivity index (χ4n) is 2.09. The van der Waals surface area contributed by atoms with Crippen molar-refractivity contribution in [2.24, 2.45) is 7.05 Å². The molecule has 0 spiro atoms. The second kappa shape index (κ2) is 7.66. The number of nitrogen functional groups attached to an aromatic ring is 1. The summed E-state index contributed by atoms with van der Waals surface area (Å²) in [6.45, 7) is 6.85. The molecule has 0 aromatic carbocycles. The van der Waals surface area contributed by atoms with Crippen molar-refractivity contribution in [1.29, 1.82) is 0 Å². The molecule has 0 unspecified atom stereocenters. The maximum absolute atomic E-state index is 12.6. The van der Waals surface area contributed by atoms with Crippen LogP contribution in [-0.2, 0) is 11.8 Å². The third-order valence-electron chi connectivity index (χ3n) is 3.16. The summed E-state index contributed by atoms with van der Waals surface area (Å²) in [6, 6.07) is 0. The molecule has 0 radical (unpaired) electrons. The Morgan fingerprint density at radius 3 is 2.48 bits per heavy atom. The first-order valence-corrected chi connectivity index (χ1v) is 7.27. The van der Waals surface area contributed by atoms with E-state index >= 15 is 0 Å². The van der Waals surface area contributed by atoms with Gasteiger partial charge in [-0.05, 0) is 19.8 Å². The lowest BCUT2D eigenvalue weighted by Gasteiger charge is -2.21. The minimum Gasteiger partial charge on any atom is -0.395 e. The van der Waals surface area contributed by atoms with Gasteiger partial charge in [0.15, 0.2) is 0 Å². The molecule has 3 N–H and O–H groups in total. The first kappa shape index (κ1) is 17.0. The highest BCUT2D eigenvalue weighted by Gasteiger charge is 2.24. The van der Waals surface area contributed by atoms with Gasteiger partial charge in [-0.25, -0.2) is 0 Å². The van der Waals surface area contributed by atoms with E-state index in [0.717, 1.165) is 12.8 Å². The molecule has 0 saturated heterocycles. The molecule has 118 valence electrons. The van der Waals surface area contributed by atoms with Crippen molar-refractivity contribution in [3.05, 3.63) is 11.4 Å². The van der Waals surface area contributed by atoms with Crippen LogP contribution >= 0.6 is 0 Å². The molecule has 0 aliphatic heterocycles. The topological polar surface area (TPSA) is 93.2 Å². The quantitative estimate of drug-likeness (QED) is 0.774. The van der Waals surface area contributed by atoms with Gasteiger partial charge in [0.25, 0.3) is 5.91 Å². The second-order valence-corrected chi connectivity index (χ2v) is 5.05. The Labute approximate surface area is 125 Å². The number of hydrogen-bond acceptors (Lipinski definition) is 4. The van der Waals surface area contributed by atoms with E-state index in [4.69, 9.17) is 5.73 Å². The van der Waals surface area contributed by atoms with Crippen molar-refractivity contribution < 1.29 is 9.59 Å². The second-order valence-electron chi connectivity index (χ2n) is 5.05. The molecular weight excluding hydrogens is 270 g/mol. The summed E-state index contributed by atoms with van der Waals surface area (Å²) in [6.07, 6.45) is 1.63. The van der Waals surface area contributed by atoms with Crippen LogP contribution in [-0.4, -0.2) is 46.1 Å². The average molecular weight is 295 g/mol. The first-order valence-electron chi connectivity index (χ1n) is 7.27. The van der Waals surface area contributed by atoms with Gasteiger partial charge in [-0.1, -0.05) is 13.8 Å². The van der Waals surface area contributed by atoms with E-state index in [2.05, 4.69) is 10.4 Å². The summed E-state index contributed by atoms with van der Waals surface area (Å²) in [5, 5.41) is 6.92. The molecule has 0 aliphatic rings. The Hall–Kier alpha value is -2.05. The Bertz CT molecular complexity index is 510. The number of hydrogen-bond donors (Lipinski definition) is 2. The number of amides is 2. The number of nitrogens with one attached hydrogen (secondary N) is 1. The van der Waals surface area contributed by atoms with Gasteiger partial charge in [0, 0.05) is 20.1 Å². The first-order chi connectivity index (χ1) is 9.92. The van der Waals surface area contributed by atoms with Crippen molar-refractivity contribution in [3.63, 3.8) is 0 Å². The number of carbonyl (C=O) groups is 2. The van der Waals surface area contributed by atoms with Crippen LogP contribution in [0.3, 0.4) is 0 Å². The van der Waals surface area contributed by atoms with E-state index < -0.39 is 0 Å². The van der Waals surface area contributed by atoms with Gasteiger partial charge in [0.05, 0.1) is 17.9 Å². The van der Waals surface area contributed by atoms with Gasteiger partial charge in [0.1, 0.15) is 5.69 Å². The predicted molar refractivity (Wildman–Crippen MR) is 81.9 cm³/mol. The lowest BCUT2D eigenvalue weighted by Crippen LogP contribution is -2.42. The Kier molecular flexibility index (Phi) is 6.20. The third-order valence-corrected chi connectivity index (χ3v) is 3.16. The zero-order valence-corrected chi connectivity index (χ0v) is 13.3. The zero-order chi connectivity index (χ0) is 16.0. The summed E-state index contributed by atoms with van der Waals surface area (Å²) in [4.78, 5) is 26.0. The summed E-state index contributed by atoms with van der Waals surface area (Å²) < 4.78 is 1.47. The molecule has 0 bridgehead atoms. The highest BCUT2D eigenvalue weighted by Crippen LogP contribution is 2.17. The zero-order valence-electron chi connectivity index (χ0n) is 13.3. The number of carbonyl (C=O) groups excluding carboxylic acids is 2. The summed E-state index contributed by atoms with van der Waals surface area (Å²) >= 11 is 0. The van der Waals surface area contributed by atoms with Gasteiger partial charge in [-0.3, -0.25) is 14.3 Å². The Balaban J connectivity index is 2.89. The molecule has 1 heterocycles. The maximum Gasteiger partial charge on any atom is 0.274 e. The Morgan fingerprint density at radius 2 is 2.00 bits per heavy atom. The average Bonchev–Trinajstić information content (AvgIpc) is 2.68. The molecule has 0 saturated carbocycles. The van der Waals surface area contributed by atoms with Crippen LogP contribution in [0, 0.1) is 6.92 Å². The largest absolute Gasteiger partial charge is 0.395 e. The normalized spacial score (nSPS) is 10.5. The van der Waals surface area contributed by atoms with E-state index in [1.165, 1.54) is 9.58 Å². The lowest BCUT2D eigenvalue weighted by atomic mass is 10.2. The van der Waals surface area contributed by atoms with Crippen molar-refractivity contribution in [1.82, 2.24) is 20.0 Å². The molecule has 1 rings (SSSR count). The lowest BCUT2D eigenvalue weighted by molar-refractivity contribution is -0.121. The molecule has 7 heteroatoms. The van der Waals surface area contributed by atoms with E-state index in [0.29, 0.717) is 30.2 Å². The van der Waals surface area contributed by atoms with Crippen LogP contribution in [0.15, 0.2) is 0 Å². The summed E-state index contributed by atoms with van der Waals surface area (Å²) in [5.41, 5.74) is 7.25. The minimum atomic E-state index is -0.260. The van der Waals surface area contributed by atoms with E-state index in [1.807, 2.05) is 13.8 Å². The van der Waals surface area contributed by atoms with Crippen LogP contribution in [0.5, 0.6) is 0 Å². The minimum absolute atomic E-state index is 0.0380. The van der Waals surface area contributed by atoms with Crippen LogP contribution < -0.4 is 11.1 Å². The summed E-state index contributed by atoms with van der Waals surface area (Å²) in [5.74, 6) is -0.416. The third kappa shape index (κ3) is 4.21. The van der Waals surface area contributed by atoms with Gasteiger partial charge < -0.3 is 16.0 Å². The standard InChI is InChI=1S/C14H25N5O2/c1-5-7-16-11(20)9-19(8-6-2)14(21)13-12(15)10(3)17-18(13)4/h5-9,15H2,1-4H3,(H,16,20). The smallest absolute Gasteiger partial charge is 0.274 e. The van der Waals surface area contributed by atoms with Gasteiger partial charge in [-0.2, -0.15) is 5.10 Å². The summed E-state index contributed by atoms with van der Waals surface area (Å²) in [7, 11) is 1.68. The SMILES string of the molecule is CCCNC(=O)CN(CCC)C(=O)c1c(N)c(C)nn1C. The van der Waals surface area contributed by atoms with E-state index in [9.17, 15) is 9.59 Å². The molecule has 1 aromatic rings. The number of aryl methyl sites for hydroxylation is 2. The predicted octanol–water partition coefficient (Wildman–Crippen LogP) is 0.689. The van der Waals surface area contributed by atoms with Crippen molar-refractivity contribution in [2.75, 3.05) is 25.4 Å². The van der Waals surface area contributed by atoms with Gasteiger partial charge in [0.2, 0.25) is 5.91 Å². The van der Waals surface area contributed by atoms with Crippen LogP contribution in [0.4, 0.5) is 5.69 Å². The van der Waals surface area contributed by atoms with Crippen LogP contribution in [0.1, 0.15) is 42.9 Å². The number of anilines is 1. The number of nitrogens with zero attached hydrogens (tertiary/aromatic N) is 3. The molecule has 1 aromatic heterocycles. The highest BCUT2D eigenvalue weighted by molar-refractivity contribution is 5.99. The monoisotopic (exact) mass is 295 g/mol. The molecule has 0 fully saturated rings. The molecular formula is C14H25N5O2. The van der Waals surface area contributed by atoms with Gasteiger partial charge >= 0.3 is 0 Å². The van der Waals surface area contributed by atoms with Crippen molar-refractivity contribution in [2.45, 2.75) is 33.6 Å². The van der Waals surface area contributed by atoms with E-state index in [-0.39, 0.29) is 18.4 Å². The fraction of sp³-hybridized carbons (Fsp3) is 0.643. The molecule has 0 atom stereocenters. The molecule has 7 nitrogen and oxygen atoms in total. The number of rotatable bonds is 7. The fourth-order valence-corrected chi connectivity index (χ4v) is 2.09. The highest BCUT2D eigenvalue weighted by atomic mass is 16.2. The molecule has 2 amide bonds. The number of nitrogens with two attached hydrogens (primary N) is 1. The molecule has 21 heavy (non-hydrogen) atoms. The van der Waals surface area contributed by atoms with Crippen LogP contribution in [0.2, 0.25) is 0 Å². The van der Waals surface area contributed by atoms with E-state index in [1.54, 1.807) is 14.0 Å². The maximum atomic E-state index is 12.6. The molecule has 0 aliphatic carbocycles. The number of aromatic nitrogens is 2. The van der Waals surface area contributed by atoms with Gasteiger partial charge in [-0.15, -0.1) is 0 Å². The van der Waals surface area contributed by atoms with Crippen molar-refractivity contribution >= 4 is 17.5 Å². The van der Waals surface area contributed by atoms with Crippen molar-refractivity contribution in [3.8, 4) is 0 Å².